The molecule has 0 saturated heterocycles. The molecule has 0 fully saturated rings. The molecule has 0 aliphatic rings. The van der Waals surface area contributed by atoms with E-state index in [1.807, 2.05) is 23.1 Å². The monoisotopic (exact) mass is 288 g/mol. The fourth-order valence-corrected chi connectivity index (χ4v) is 2.06. The van der Waals surface area contributed by atoms with Crippen molar-refractivity contribution in [1.82, 2.24) is 9.88 Å². The van der Waals surface area contributed by atoms with Crippen molar-refractivity contribution >= 4 is 5.97 Å². The van der Waals surface area contributed by atoms with Crippen molar-refractivity contribution in [2.24, 2.45) is 0 Å². The van der Waals surface area contributed by atoms with Gasteiger partial charge in [0.15, 0.2) is 0 Å². The maximum atomic E-state index is 13.7. The van der Waals surface area contributed by atoms with Crippen molar-refractivity contribution in [3.8, 4) is 0 Å². The van der Waals surface area contributed by atoms with Gasteiger partial charge in [0.05, 0.1) is 12.1 Å². The molecule has 0 atom stereocenters. The lowest BCUT2D eigenvalue weighted by molar-refractivity contribution is -0.137. The molecule has 5 heteroatoms. The van der Waals surface area contributed by atoms with Crippen LogP contribution in [0.1, 0.15) is 17.7 Å². The highest BCUT2D eigenvalue weighted by atomic mass is 19.1. The number of aromatic nitrogens is 1. The first-order valence-corrected chi connectivity index (χ1v) is 6.72. The van der Waals surface area contributed by atoms with Gasteiger partial charge in [-0.2, -0.15) is 0 Å². The first-order chi connectivity index (χ1) is 10.1. The second-order valence-corrected chi connectivity index (χ2v) is 4.77. The Bertz CT molecular complexity index is 590. The van der Waals surface area contributed by atoms with E-state index in [1.165, 1.54) is 6.07 Å². The number of hydrogen-bond acceptors (Lipinski definition) is 3. The van der Waals surface area contributed by atoms with E-state index < -0.39 is 5.97 Å². The minimum absolute atomic E-state index is 0.0152. The summed E-state index contributed by atoms with van der Waals surface area (Å²) in [6, 6.07) is 12.1. The maximum absolute atomic E-state index is 13.7. The summed E-state index contributed by atoms with van der Waals surface area (Å²) in [6.07, 6.45) is 1.70. The molecule has 0 saturated carbocycles. The van der Waals surface area contributed by atoms with Crippen LogP contribution in [0.5, 0.6) is 0 Å². The van der Waals surface area contributed by atoms with E-state index in [0.29, 0.717) is 25.2 Å². The molecule has 0 aliphatic heterocycles. The van der Waals surface area contributed by atoms with Crippen molar-refractivity contribution < 1.29 is 14.3 Å². The highest BCUT2D eigenvalue weighted by Gasteiger charge is 2.12. The molecule has 110 valence electrons. The quantitative estimate of drug-likeness (QED) is 0.851. The van der Waals surface area contributed by atoms with E-state index in [0.717, 1.165) is 5.69 Å². The Morgan fingerprint density at radius 1 is 1.14 bits per heavy atom. The molecule has 4 nitrogen and oxygen atoms in total. The van der Waals surface area contributed by atoms with Crippen LogP contribution in [0.2, 0.25) is 0 Å². The molecule has 1 aromatic carbocycles. The highest BCUT2D eigenvalue weighted by molar-refractivity contribution is 5.66. The van der Waals surface area contributed by atoms with Gasteiger partial charge in [-0.1, -0.05) is 24.3 Å². The van der Waals surface area contributed by atoms with Gasteiger partial charge in [-0.15, -0.1) is 0 Å². The number of nitrogens with zero attached hydrogens (tertiary/aromatic N) is 2. The lowest BCUT2D eigenvalue weighted by Gasteiger charge is -2.21. The first-order valence-electron chi connectivity index (χ1n) is 6.72. The molecule has 0 unspecified atom stereocenters. The van der Waals surface area contributed by atoms with Crippen molar-refractivity contribution in [2.45, 2.75) is 19.5 Å². The predicted octanol–water partition coefficient (Wildman–Crippen LogP) is 2.70. The zero-order chi connectivity index (χ0) is 15.1. The van der Waals surface area contributed by atoms with Crippen LogP contribution in [0.25, 0.3) is 0 Å². The number of carbonyl (C=O) groups is 1. The molecular weight excluding hydrogens is 271 g/mol. The number of aliphatic carboxylic acids is 1. The van der Waals surface area contributed by atoms with Gasteiger partial charge in [0.1, 0.15) is 5.82 Å². The Balaban J connectivity index is 2.08. The second kappa shape index (κ2) is 7.50. The minimum atomic E-state index is -0.866. The van der Waals surface area contributed by atoms with E-state index in [1.54, 1.807) is 24.4 Å². The lowest BCUT2D eigenvalue weighted by atomic mass is 10.2. The molecule has 0 aliphatic carbocycles. The second-order valence-electron chi connectivity index (χ2n) is 4.77. The van der Waals surface area contributed by atoms with Crippen LogP contribution in [-0.2, 0) is 17.9 Å². The van der Waals surface area contributed by atoms with Gasteiger partial charge < -0.3 is 5.11 Å². The molecule has 2 rings (SSSR count). The first kappa shape index (κ1) is 15.1. The summed E-state index contributed by atoms with van der Waals surface area (Å²) in [6.45, 7) is 1.19. The summed E-state index contributed by atoms with van der Waals surface area (Å²) >= 11 is 0. The summed E-state index contributed by atoms with van der Waals surface area (Å²) in [5, 5.41) is 8.83. The smallest absolute Gasteiger partial charge is 0.304 e. The summed E-state index contributed by atoms with van der Waals surface area (Å²) in [7, 11) is 0. The molecule has 1 N–H and O–H groups in total. The predicted molar refractivity (Wildman–Crippen MR) is 77.0 cm³/mol. The van der Waals surface area contributed by atoms with E-state index in [-0.39, 0.29) is 12.2 Å². The lowest BCUT2D eigenvalue weighted by Crippen LogP contribution is -2.26. The highest BCUT2D eigenvalue weighted by Crippen LogP contribution is 2.12. The van der Waals surface area contributed by atoms with Crippen LogP contribution in [0.4, 0.5) is 4.39 Å². The average Bonchev–Trinajstić information content (AvgIpc) is 2.48. The number of carboxylic acid groups (broad SMARTS) is 1. The van der Waals surface area contributed by atoms with Crippen LogP contribution < -0.4 is 0 Å². The molecule has 0 spiro atoms. The van der Waals surface area contributed by atoms with Crippen LogP contribution in [0.3, 0.4) is 0 Å². The SMILES string of the molecule is O=C(O)CCN(Cc1ccccn1)Cc1ccccc1F. The Morgan fingerprint density at radius 3 is 2.57 bits per heavy atom. The van der Waals surface area contributed by atoms with Gasteiger partial charge in [-0.05, 0) is 18.2 Å². The number of hydrogen-bond donors (Lipinski definition) is 1. The summed E-state index contributed by atoms with van der Waals surface area (Å²) in [4.78, 5) is 16.9. The maximum Gasteiger partial charge on any atom is 0.304 e. The van der Waals surface area contributed by atoms with Crippen molar-refractivity contribution in [3.05, 3.63) is 65.7 Å². The van der Waals surface area contributed by atoms with E-state index in [9.17, 15) is 9.18 Å². The third kappa shape index (κ3) is 4.96. The van der Waals surface area contributed by atoms with Gasteiger partial charge in [0.2, 0.25) is 0 Å². The van der Waals surface area contributed by atoms with Gasteiger partial charge >= 0.3 is 5.97 Å². The molecular formula is C16H17FN2O2. The van der Waals surface area contributed by atoms with Crippen LogP contribution >= 0.6 is 0 Å². The van der Waals surface area contributed by atoms with Crippen LogP contribution in [0.15, 0.2) is 48.7 Å². The average molecular weight is 288 g/mol. The molecule has 21 heavy (non-hydrogen) atoms. The third-order valence-electron chi connectivity index (χ3n) is 3.11. The molecule has 0 radical (unpaired) electrons. The number of benzene rings is 1. The van der Waals surface area contributed by atoms with E-state index in [2.05, 4.69) is 4.98 Å². The molecule has 0 bridgehead atoms. The molecule has 1 aromatic heterocycles. The van der Waals surface area contributed by atoms with Gasteiger partial charge in [-0.25, -0.2) is 4.39 Å². The number of rotatable bonds is 7. The third-order valence-corrected chi connectivity index (χ3v) is 3.11. The van der Waals surface area contributed by atoms with Crippen LogP contribution in [0, 0.1) is 5.82 Å². The molecule has 2 aromatic rings. The Morgan fingerprint density at radius 2 is 1.90 bits per heavy atom. The van der Waals surface area contributed by atoms with Crippen LogP contribution in [-0.4, -0.2) is 27.5 Å². The van der Waals surface area contributed by atoms with Crippen molar-refractivity contribution in [2.75, 3.05) is 6.54 Å². The van der Waals surface area contributed by atoms with Gasteiger partial charge in [-0.3, -0.25) is 14.7 Å². The number of pyridine rings is 1. The number of carboxylic acids is 1. The van der Waals surface area contributed by atoms with Gasteiger partial charge in [0, 0.05) is 31.4 Å². The zero-order valence-electron chi connectivity index (χ0n) is 11.6. The Labute approximate surface area is 122 Å². The van der Waals surface area contributed by atoms with E-state index in [4.69, 9.17) is 5.11 Å². The minimum Gasteiger partial charge on any atom is -0.481 e. The van der Waals surface area contributed by atoms with Gasteiger partial charge in [0.25, 0.3) is 0 Å². The van der Waals surface area contributed by atoms with Crippen molar-refractivity contribution in [1.29, 1.82) is 0 Å². The molecule has 0 amide bonds. The van der Waals surface area contributed by atoms with Crippen molar-refractivity contribution in [3.63, 3.8) is 0 Å². The molecule has 1 heterocycles. The number of halogens is 1. The summed E-state index contributed by atoms with van der Waals surface area (Å²) < 4.78 is 13.7. The standard InChI is InChI=1S/C16H17FN2O2/c17-15-7-2-1-5-13(15)11-19(10-8-16(20)21)12-14-6-3-4-9-18-14/h1-7,9H,8,10-12H2,(H,20,21). The topological polar surface area (TPSA) is 53.4 Å². The summed E-state index contributed by atoms with van der Waals surface area (Å²) in [5.41, 5.74) is 1.39. The normalized spacial score (nSPS) is 10.8. The largest absolute Gasteiger partial charge is 0.481 e. The van der Waals surface area contributed by atoms with E-state index >= 15 is 0 Å². The zero-order valence-corrected chi connectivity index (χ0v) is 11.6. The fraction of sp³-hybridized carbons (Fsp3) is 0.250. The fourth-order valence-electron chi connectivity index (χ4n) is 2.06. The Hall–Kier alpha value is -2.27. The Kier molecular flexibility index (Phi) is 5.40. The summed E-state index contributed by atoms with van der Waals surface area (Å²) in [5.74, 6) is -1.14.